The van der Waals surface area contributed by atoms with Gasteiger partial charge in [-0.25, -0.2) is 18.4 Å². The van der Waals surface area contributed by atoms with Crippen LogP contribution in [0, 0.1) is 11.6 Å². The second-order valence-electron chi connectivity index (χ2n) is 25.4. The third-order valence-corrected chi connectivity index (χ3v) is 18.1. The molecule has 4 aromatic carbocycles. The van der Waals surface area contributed by atoms with Crippen LogP contribution >= 0.6 is 0 Å². The van der Waals surface area contributed by atoms with Crippen LogP contribution in [0.5, 0.6) is 5.75 Å². The van der Waals surface area contributed by atoms with Crippen LogP contribution < -0.4 is 53.0 Å². The fraction of sp³-hybridized carbons (Fsp3) is 0.377. The molecule has 9 atom stereocenters. The van der Waals surface area contributed by atoms with E-state index in [0.29, 0.717) is 81.3 Å². The van der Waals surface area contributed by atoms with E-state index in [9.17, 15) is 42.7 Å². The molecule has 526 valence electrons. The predicted molar refractivity (Wildman–Crippen MR) is 358 cm³/mol. The molecule has 29 nitrogen and oxygen atoms in total. The number of carbonyl (C=O) groups is 10. The number of halogens is 2. The number of benzene rings is 4. The Bertz CT molecular complexity index is 4310. The highest BCUT2D eigenvalue weighted by Crippen LogP contribution is 2.32. The maximum absolute atomic E-state index is 15.3. The molecule has 14 N–H and O–H groups in total. The number of imidazole rings is 1. The molecular weight excluding hydrogens is 1300 g/mol. The molecule has 4 aromatic heterocycles. The van der Waals surface area contributed by atoms with Crippen LogP contribution in [0.15, 0.2) is 116 Å². The summed E-state index contributed by atoms with van der Waals surface area (Å²) in [4.78, 5) is 157. The highest BCUT2D eigenvalue weighted by molar-refractivity contribution is 6.00. The number of nitrogens with one attached hydrogen (secondary N) is 11. The molecule has 0 spiro atoms. The molecule has 11 rings (SSSR count). The number of carbonyl (C=O) groups excluding carboxylic acids is 9. The van der Waals surface area contributed by atoms with Crippen LogP contribution in [0.25, 0.3) is 27.5 Å². The standard InChI is InChI=1S/C69H79F2N17O12/c1-37-62(93)79-55(25-41-31-75-52-19-13-43(70)27-50(41)52)63(94)80-56(26-42-32-76-53-20-14-44(71)28-51(42)53)64(95)82-58(30-60(90)91)66(97)81-57(29-47-33-73-36-77-47)65(96)83-59(24-40-11-17-49(100-4)18-12-40)67(98)87-22-6-21-69(87,3)68(99)84-54(61(72)92)23-39-9-15-48(16-10-39)88-35-46(85-86-88)8-5-7-45(34-74-37)78-38(2)89/h9-20,27-28,31-33,35-37,45,54-59,74-76H,5-8,21-26,29-30,34H2,1-4H3,(H2,72,92)(H,73,77)(H,78,89)(H,79,93)(H,80,94)(H,81,97)(H,82,95)(H,83,96)(H,84,99)(H,90,91)/t37-,45+,54-,55-,56-,57-,58-,59-,69-/m0/s1. The Morgan fingerprint density at radius 3 is 1.89 bits per heavy atom. The van der Waals surface area contributed by atoms with Gasteiger partial charge in [0.2, 0.25) is 53.2 Å². The minimum Gasteiger partial charge on any atom is -0.497 e. The van der Waals surface area contributed by atoms with Gasteiger partial charge >= 0.3 is 5.97 Å². The highest BCUT2D eigenvalue weighted by atomic mass is 19.1. The van der Waals surface area contributed by atoms with Crippen LogP contribution in [0.3, 0.4) is 0 Å². The molecule has 1 fully saturated rings. The first-order valence-electron chi connectivity index (χ1n) is 32.7. The van der Waals surface area contributed by atoms with Crippen molar-refractivity contribution in [3.63, 3.8) is 0 Å². The lowest BCUT2D eigenvalue weighted by Gasteiger charge is -2.37. The zero-order valence-electron chi connectivity index (χ0n) is 55.3. The Hall–Kier alpha value is -11.4. The van der Waals surface area contributed by atoms with Gasteiger partial charge in [0, 0.05) is 104 Å². The number of fused-ring (bicyclic) bond motifs is 29. The van der Waals surface area contributed by atoms with Crippen LogP contribution in [0.4, 0.5) is 8.78 Å². The van der Waals surface area contributed by atoms with Gasteiger partial charge in [-0.1, -0.05) is 29.5 Å². The van der Waals surface area contributed by atoms with Crippen molar-refractivity contribution in [1.29, 1.82) is 0 Å². The summed E-state index contributed by atoms with van der Waals surface area (Å²) in [6.45, 7) is 4.52. The van der Waals surface area contributed by atoms with E-state index in [4.69, 9.17) is 10.5 Å². The number of carboxylic acids is 1. The average molecular weight is 1380 g/mol. The van der Waals surface area contributed by atoms with Gasteiger partial charge in [-0.15, -0.1) is 5.10 Å². The number of aromatic nitrogens is 7. The number of H-pyrrole nitrogens is 3. The first-order chi connectivity index (χ1) is 47.9. The number of hydrogen-bond donors (Lipinski definition) is 13. The largest absolute Gasteiger partial charge is 0.497 e. The second-order valence-corrected chi connectivity index (χ2v) is 25.4. The van der Waals surface area contributed by atoms with Gasteiger partial charge in [-0.3, -0.25) is 47.9 Å². The van der Waals surface area contributed by atoms with E-state index >= 15 is 19.2 Å². The molecule has 0 radical (unpaired) electrons. The monoisotopic (exact) mass is 1380 g/mol. The summed E-state index contributed by atoms with van der Waals surface area (Å²) in [7, 11) is 1.47. The Kier molecular flexibility index (Phi) is 22.8. The van der Waals surface area contributed by atoms with E-state index < -0.39 is 132 Å². The van der Waals surface area contributed by atoms with Gasteiger partial charge in [0.25, 0.3) is 0 Å². The fourth-order valence-electron chi connectivity index (χ4n) is 12.6. The number of nitrogens with two attached hydrogens (primary N) is 1. The van der Waals surface area contributed by atoms with Crippen molar-refractivity contribution in [3.05, 3.63) is 161 Å². The fourth-order valence-corrected chi connectivity index (χ4v) is 12.6. The normalized spacial score (nSPS) is 23.0. The Morgan fingerprint density at radius 2 is 1.31 bits per heavy atom. The number of nitrogens with zero attached hydrogens (tertiary/aromatic N) is 5. The average Bonchev–Trinajstić information content (AvgIpc) is 1.55. The molecule has 31 heteroatoms. The van der Waals surface area contributed by atoms with E-state index in [0.717, 1.165) is 0 Å². The quantitative estimate of drug-likeness (QED) is 0.0732. The number of aryl methyl sites for hydroxylation is 1. The zero-order chi connectivity index (χ0) is 71.4. The first kappa shape index (κ1) is 71.4. The molecule has 100 heavy (non-hydrogen) atoms. The van der Waals surface area contributed by atoms with E-state index in [1.165, 1.54) is 94.1 Å². The number of rotatable bonds is 13. The van der Waals surface area contributed by atoms with Crippen molar-refractivity contribution in [1.82, 2.24) is 82.4 Å². The lowest BCUT2D eigenvalue weighted by atomic mass is 9.94. The van der Waals surface area contributed by atoms with Crippen molar-refractivity contribution in [2.24, 2.45) is 5.73 Å². The van der Waals surface area contributed by atoms with Gasteiger partial charge in [-0.05, 0) is 129 Å². The minimum absolute atomic E-state index is 0.0306. The summed E-state index contributed by atoms with van der Waals surface area (Å²) in [6.07, 6.45) is 6.76. The number of hydrogen-bond acceptors (Lipinski definition) is 15. The van der Waals surface area contributed by atoms with Crippen LogP contribution in [-0.4, -0.2) is 178 Å². The van der Waals surface area contributed by atoms with Gasteiger partial charge in [0.1, 0.15) is 59.2 Å². The number of aliphatic carboxylic acids is 1. The van der Waals surface area contributed by atoms with Crippen molar-refractivity contribution in [3.8, 4) is 11.4 Å². The summed E-state index contributed by atoms with van der Waals surface area (Å²) in [5, 5.41) is 41.8. The van der Waals surface area contributed by atoms with Crippen LogP contribution in [-0.2, 0) is 86.5 Å². The maximum atomic E-state index is 15.3. The Labute approximate surface area is 571 Å². The zero-order valence-corrected chi connectivity index (χ0v) is 55.3. The summed E-state index contributed by atoms with van der Waals surface area (Å²) < 4.78 is 36.8. The Balaban J connectivity index is 1.01. The molecular formula is C69H79F2N17O12. The van der Waals surface area contributed by atoms with Gasteiger partial charge in [0.15, 0.2) is 0 Å². The number of carboxylic acid groups (broad SMARTS) is 1. The summed E-state index contributed by atoms with van der Waals surface area (Å²) in [6, 6.07) is 10.1. The highest BCUT2D eigenvalue weighted by Gasteiger charge is 2.49. The third kappa shape index (κ3) is 17.9. The van der Waals surface area contributed by atoms with E-state index in [1.807, 2.05) is 0 Å². The van der Waals surface area contributed by atoms with E-state index in [2.05, 4.69) is 72.8 Å². The molecule has 4 bridgehead atoms. The summed E-state index contributed by atoms with van der Waals surface area (Å²) >= 11 is 0. The smallest absolute Gasteiger partial charge is 0.305 e. The lowest BCUT2D eigenvalue weighted by Crippen LogP contribution is -2.63. The SMILES string of the molecule is COc1ccc(C[C@@H]2NC(=O)[C@H](Cc3cnc[nH]3)NC(=O)[C@H](CC(=O)O)NC(=O)[C@H](Cc3c[nH]c4ccc(F)cc34)NC(=O)[C@H](Cc3c[nH]c4ccc(F)cc34)NC(=O)[C@H](C)NC[C@H](NC(C)=O)CCCc3cn(nn3)-c3ccc(cc3)C[C@@H](C(N)=O)NC(=O)[C@]3(C)CCCN3C2=O)cc1. The lowest BCUT2D eigenvalue weighted by molar-refractivity contribution is -0.147. The van der Waals surface area contributed by atoms with Crippen LogP contribution in [0.2, 0.25) is 0 Å². The van der Waals surface area contributed by atoms with Gasteiger partial charge in [-0.2, -0.15) is 0 Å². The molecule has 1 saturated heterocycles. The van der Waals surface area contributed by atoms with Crippen LogP contribution in [0.1, 0.15) is 86.5 Å². The van der Waals surface area contributed by atoms with E-state index in [1.54, 1.807) is 59.4 Å². The maximum Gasteiger partial charge on any atom is 0.305 e. The van der Waals surface area contributed by atoms with Crippen molar-refractivity contribution in [2.75, 3.05) is 20.2 Å². The van der Waals surface area contributed by atoms with Crippen molar-refractivity contribution in [2.45, 2.75) is 145 Å². The topological polar surface area (TPSA) is 417 Å². The first-order valence-corrected chi connectivity index (χ1v) is 32.7. The Morgan fingerprint density at radius 1 is 0.720 bits per heavy atom. The number of primary amides is 1. The molecule has 0 aliphatic carbocycles. The molecule has 0 unspecified atom stereocenters. The number of amides is 9. The third-order valence-electron chi connectivity index (χ3n) is 18.1. The molecule has 0 saturated carbocycles. The number of methoxy groups -OCH3 is 1. The van der Waals surface area contributed by atoms with Gasteiger partial charge in [0.05, 0.1) is 43.5 Å². The summed E-state index contributed by atoms with van der Waals surface area (Å²) in [5.74, 6) is -10.0. The van der Waals surface area contributed by atoms with Crippen molar-refractivity contribution >= 4 is 80.9 Å². The minimum atomic E-state index is -2.01. The molecule has 3 aliphatic heterocycles. The van der Waals surface area contributed by atoms with Crippen molar-refractivity contribution < 1.29 is 66.6 Å². The van der Waals surface area contributed by atoms with E-state index in [-0.39, 0.29) is 62.4 Å². The molecule has 3 aliphatic rings. The number of ether oxygens (including phenoxy) is 1. The summed E-state index contributed by atoms with van der Waals surface area (Å²) in [5.41, 5.74) is 8.56. The number of aromatic amines is 3. The molecule has 7 heterocycles. The second kappa shape index (κ2) is 31.9. The molecule has 9 amide bonds. The predicted octanol–water partition coefficient (Wildman–Crippen LogP) is 1.82. The molecule has 8 aromatic rings. The van der Waals surface area contributed by atoms with Gasteiger partial charge < -0.3 is 78.0 Å².